The van der Waals surface area contributed by atoms with Gasteiger partial charge < -0.3 is 4.57 Å². The molecule has 1 aromatic heterocycles. The summed E-state index contributed by atoms with van der Waals surface area (Å²) in [6, 6.07) is 19.3. The minimum Gasteiger partial charge on any atom is -0.347 e. The van der Waals surface area contributed by atoms with Crippen molar-refractivity contribution in [1.29, 1.82) is 0 Å². The third-order valence-corrected chi connectivity index (χ3v) is 4.41. The Morgan fingerprint density at radius 3 is 2.55 bits per heavy atom. The van der Waals surface area contributed by atoms with Gasteiger partial charge in [0.15, 0.2) is 0 Å². The van der Waals surface area contributed by atoms with Crippen LogP contribution in [0, 0.1) is 0 Å². The summed E-state index contributed by atoms with van der Waals surface area (Å²) < 4.78 is 3.53. The Hall–Kier alpha value is -1.54. The average Bonchev–Trinajstić information content (AvgIpc) is 2.90. The monoisotopic (exact) mass is 327 g/mol. The number of aryl methyl sites for hydroxylation is 2. The second-order valence-corrected chi connectivity index (χ2v) is 5.98. The van der Waals surface area contributed by atoms with Gasteiger partial charge in [0.25, 0.3) is 0 Å². The lowest BCUT2D eigenvalue weighted by molar-refractivity contribution is 0.624. The quantitative estimate of drug-likeness (QED) is 0.551. The fourth-order valence-corrected chi connectivity index (χ4v) is 3.12. The second kappa shape index (κ2) is 6.27. The summed E-state index contributed by atoms with van der Waals surface area (Å²) in [6.45, 7) is 1.09. The summed E-state index contributed by atoms with van der Waals surface area (Å²) in [5, 5.41) is 1.30. The van der Waals surface area contributed by atoms with E-state index in [4.69, 9.17) is 0 Å². The van der Waals surface area contributed by atoms with Crippen molar-refractivity contribution in [2.75, 3.05) is 0 Å². The van der Waals surface area contributed by atoms with Gasteiger partial charge in [-0.2, -0.15) is 0 Å². The Kier molecular flexibility index (Phi) is 4.22. The normalized spacial score (nSPS) is 11.1. The van der Waals surface area contributed by atoms with E-state index in [9.17, 15) is 0 Å². The zero-order chi connectivity index (χ0) is 13.8. The van der Waals surface area contributed by atoms with E-state index >= 15 is 0 Å². The smallest absolute Gasteiger partial charge is 0.0491 e. The van der Waals surface area contributed by atoms with Gasteiger partial charge in [0, 0.05) is 28.1 Å². The number of benzene rings is 2. The van der Waals surface area contributed by atoms with Gasteiger partial charge in [-0.3, -0.25) is 0 Å². The van der Waals surface area contributed by atoms with E-state index in [0.717, 1.165) is 6.54 Å². The van der Waals surface area contributed by atoms with Crippen LogP contribution in [0.2, 0.25) is 0 Å². The molecule has 0 atom stereocenters. The molecule has 0 fully saturated rings. The first kappa shape index (κ1) is 13.4. The maximum Gasteiger partial charge on any atom is 0.0491 e. The van der Waals surface area contributed by atoms with Crippen molar-refractivity contribution < 1.29 is 0 Å². The molecular formula is C18H18BrN. The Bertz CT molecular complexity index is 685. The predicted molar refractivity (Wildman–Crippen MR) is 89.0 cm³/mol. The van der Waals surface area contributed by atoms with Crippen LogP contribution in [0.1, 0.15) is 18.4 Å². The minimum atomic E-state index is 1.09. The molecule has 2 aromatic carbocycles. The van der Waals surface area contributed by atoms with E-state index in [1.54, 1.807) is 0 Å². The van der Waals surface area contributed by atoms with E-state index < -0.39 is 0 Å². The van der Waals surface area contributed by atoms with Crippen molar-refractivity contribution in [3.05, 3.63) is 70.8 Å². The fourth-order valence-electron chi connectivity index (χ4n) is 2.64. The molecule has 0 aliphatic carbocycles. The summed E-state index contributed by atoms with van der Waals surface area (Å²) in [7, 11) is 0. The molecule has 0 bridgehead atoms. The molecule has 0 aliphatic heterocycles. The van der Waals surface area contributed by atoms with Gasteiger partial charge in [0.1, 0.15) is 0 Å². The van der Waals surface area contributed by atoms with Crippen LogP contribution in [0.25, 0.3) is 10.9 Å². The maximum absolute atomic E-state index is 3.61. The molecule has 1 nitrogen and oxygen atoms in total. The molecule has 3 aromatic rings. The predicted octanol–water partition coefficient (Wildman–Crippen LogP) is 5.43. The molecule has 0 spiro atoms. The van der Waals surface area contributed by atoms with Gasteiger partial charge in [-0.25, -0.2) is 0 Å². The van der Waals surface area contributed by atoms with E-state index in [2.05, 4.69) is 81.3 Å². The fraction of sp³-hybridized carbons (Fsp3) is 0.222. The summed E-state index contributed by atoms with van der Waals surface area (Å²) >= 11 is 3.61. The van der Waals surface area contributed by atoms with Gasteiger partial charge in [0.2, 0.25) is 0 Å². The van der Waals surface area contributed by atoms with Crippen LogP contribution in [-0.2, 0) is 13.0 Å². The molecular weight excluding hydrogens is 310 g/mol. The molecule has 0 radical (unpaired) electrons. The Balaban J connectivity index is 1.59. The number of halogens is 1. The van der Waals surface area contributed by atoms with Crippen LogP contribution < -0.4 is 0 Å². The summed E-state index contributed by atoms with van der Waals surface area (Å²) in [4.78, 5) is 0. The molecule has 0 unspecified atom stereocenters. The third-order valence-electron chi connectivity index (χ3n) is 3.72. The lowest BCUT2D eigenvalue weighted by Gasteiger charge is -2.06. The maximum atomic E-state index is 3.61. The Morgan fingerprint density at radius 1 is 0.850 bits per heavy atom. The third kappa shape index (κ3) is 2.96. The zero-order valence-corrected chi connectivity index (χ0v) is 13.0. The molecule has 2 heteroatoms. The number of rotatable bonds is 5. The van der Waals surface area contributed by atoms with E-state index in [0.29, 0.717) is 0 Å². The van der Waals surface area contributed by atoms with Crippen molar-refractivity contribution >= 4 is 26.8 Å². The van der Waals surface area contributed by atoms with Gasteiger partial charge in [0.05, 0.1) is 0 Å². The summed E-state index contributed by atoms with van der Waals surface area (Å²) in [5.74, 6) is 0. The van der Waals surface area contributed by atoms with Crippen molar-refractivity contribution in [3.63, 3.8) is 0 Å². The van der Waals surface area contributed by atoms with E-state index in [1.165, 1.54) is 40.2 Å². The van der Waals surface area contributed by atoms with Crippen LogP contribution in [-0.4, -0.2) is 4.57 Å². The number of fused-ring (bicyclic) bond motifs is 1. The molecule has 102 valence electrons. The van der Waals surface area contributed by atoms with Crippen LogP contribution in [0.3, 0.4) is 0 Å². The van der Waals surface area contributed by atoms with Crippen molar-refractivity contribution in [1.82, 2.24) is 4.57 Å². The largest absolute Gasteiger partial charge is 0.347 e. The number of nitrogens with zero attached hydrogens (tertiary/aromatic N) is 1. The van der Waals surface area contributed by atoms with Gasteiger partial charge in [-0.1, -0.05) is 52.3 Å². The lowest BCUT2D eigenvalue weighted by atomic mass is 10.1. The molecule has 20 heavy (non-hydrogen) atoms. The Morgan fingerprint density at radius 2 is 1.70 bits per heavy atom. The summed E-state index contributed by atoms with van der Waals surface area (Å²) in [6.07, 6.45) is 5.81. The van der Waals surface area contributed by atoms with Crippen LogP contribution in [0.4, 0.5) is 0 Å². The highest BCUT2D eigenvalue weighted by atomic mass is 79.9. The SMILES string of the molecule is Brc1cccc2c1ccn2CCCCc1ccccc1. The highest BCUT2D eigenvalue weighted by Gasteiger charge is 2.03. The highest BCUT2D eigenvalue weighted by molar-refractivity contribution is 9.10. The molecule has 0 aliphatic rings. The molecule has 0 saturated heterocycles. The number of aromatic nitrogens is 1. The average molecular weight is 328 g/mol. The second-order valence-electron chi connectivity index (χ2n) is 5.12. The van der Waals surface area contributed by atoms with E-state index in [-0.39, 0.29) is 0 Å². The lowest BCUT2D eigenvalue weighted by Crippen LogP contribution is -1.97. The van der Waals surface area contributed by atoms with Crippen molar-refractivity contribution in [3.8, 4) is 0 Å². The summed E-state index contributed by atoms with van der Waals surface area (Å²) in [5.41, 5.74) is 2.76. The van der Waals surface area contributed by atoms with Gasteiger partial charge >= 0.3 is 0 Å². The van der Waals surface area contributed by atoms with Crippen LogP contribution in [0.15, 0.2) is 65.3 Å². The van der Waals surface area contributed by atoms with Gasteiger partial charge in [-0.05, 0) is 43.0 Å². The number of unbranched alkanes of at least 4 members (excludes halogenated alkanes) is 1. The minimum absolute atomic E-state index is 1.09. The Labute approximate surface area is 128 Å². The van der Waals surface area contributed by atoms with Gasteiger partial charge in [-0.15, -0.1) is 0 Å². The molecule has 0 amide bonds. The topological polar surface area (TPSA) is 4.93 Å². The first-order valence-corrected chi connectivity index (χ1v) is 7.91. The molecule has 3 rings (SSSR count). The van der Waals surface area contributed by atoms with Crippen LogP contribution in [0.5, 0.6) is 0 Å². The van der Waals surface area contributed by atoms with Crippen molar-refractivity contribution in [2.45, 2.75) is 25.8 Å². The first-order valence-electron chi connectivity index (χ1n) is 7.12. The number of hydrogen-bond acceptors (Lipinski definition) is 0. The van der Waals surface area contributed by atoms with Crippen LogP contribution >= 0.6 is 15.9 Å². The molecule has 1 heterocycles. The standard InChI is InChI=1S/C18H18BrN/c19-17-10-6-11-18-16(17)12-14-20(18)13-5-4-9-15-7-2-1-3-8-15/h1-3,6-8,10-12,14H,4-5,9,13H2. The van der Waals surface area contributed by atoms with Crippen molar-refractivity contribution in [2.24, 2.45) is 0 Å². The highest BCUT2D eigenvalue weighted by Crippen LogP contribution is 2.25. The van der Waals surface area contributed by atoms with E-state index in [1.807, 2.05) is 0 Å². The first-order chi connectivity index (χ1) is 9.84. The molecule has 0 saturated carbocycles. The number of hydrogen-bond donors (Lipinski definition) is 0. The zero-order valence-electron chi connectivity index (χ0n) is 11.4. The molecule has 0 N–H and O–H groups in total.